The van der Waals surface area contributed by atoms with Crippen molar-refractivity contribution in [3.8, 4) is 0 Å². The van der Waals surface area contributed by atoms with E-state index in [9.17, 15) is 9.90 Å². The first-order chi connectivity index (χ1) is 6.04. The third-order valence-corrected chi connectivity index (χ3v) is 3.32. The molecular formula is C10H19NO2. The van der Waals surface area contributed by atoms with Crippen molar-refractivity contribution < 1.29 is 9.90 Å². The molecule has 1 N–H and O–H groups in total. The molecule has 76 valence electrons. The van der Waals surface area contributed by atoms with Crippen LogP contribution in [0.4, 0.5) is 0 Å². The van der Waals surface area contributed by atoms with Crippen molar-refractivity contribution in [2.75, 3.05) is 14.1 Å². The van der Waals surface area contributed by atoms with E-state index < -0.39 is 11.4 Å². The van der Waals surface area contributed by atoms with Gasteiger partial charge in [0.25, 0.3) is 0 Å². The predicted octanol–water partition coefficient (Wildman–Crippen LogP) is 1.58. The molecule has 1 atom stereocenters. The third kappa shape index (κ3) is 1.57. The summed E-state index contributed by atoms with van der Waals surface area (Å²) in [6.07, 6.45) is 3.67. The Balaban J connectivity index is 2.79. The molecule has 1 aliphatic rings. The largest absolute Gasteiger partial charge is 0.481 e. The molecule has 0 aromatic rings. The fraction of sp³-hybridized carbons (Fsp3) is 0.900. The molecule has 1 aliphatic carbocycles. The zero-order valence-electron chi connectivity index (χ0n) is 8.71. The van der Waals surface area contributed by atoms with E-state index in [2.05, 4.69) is 6.92 Å². The first kappa shape index (κ1) is 10.5. The van der Waals surface area contributed by atoms with Crippen LogP contribution >= 0.6 is 0 Å². The van der Waals surface area contributed by atoms with E-state index >= 15 is 0 Å². The summed E-state index contributed by atoms with van der Waals surface area (Å²) < 4.78 is 0. The molecule has 0 saturated heterocycles. The highest BCUT2D eigenvalue weighted by molar-refractivity contribution is 5.76. The van der Waals surface area contributed by atoms with Crippen molar-refractivity contribution in [1.82, 2.24) is 4.90 Å². The van der Waals surface area contributed by atoms with Crippen molar-refractivity contribution in [3.63, 3.8) is 0 Å². The maximum Gasteiger partial charge on any atom is 0.311 e. The number of nitrogens with zero attached hydrogens (tertiary/aromatic N) is 1. The Morgan fingerprint density at radius 1 is 1.54 bits per heavy atom. The summed E-state index contributed by atoms with van der Waals surface area (Å²) in [5.41, 5.74) is -0.446. The summed E-state index contributed by atoms with van der Waals surface area (Å²) in [6.45, 7) is 2.06. The second-order valence-corrected chi connectivity index (χ2v) is 4.20. The quantitative estimate of drug-likeness (QED) is 0.723. The summed E-state index contributed by atoms with van der Waals surface area (Å²) in [5.74, 6) is -0.612. The van der Waals surface area contributed by atoms with Gasteiger partial charge in [0.2, 0.25) is 0 Å². The first-order valence-electron chi connectivity index (χ1n) is 4.94. The van der Waals surface area contributed by atoms with E-state index in [1.54, 1.807) is 0 Å². The Morgan fingerprint density at radius 2 is 2.08 bits per heavy atom. The minimum absolute atomic E-state index is 0.193. The topological polar surface area (TPSA) is 40.5 Å². The average molecular weight is 185 g/mol. The number of hydrogen-bond donors (Lipinski definition) is 1. The van der Waals surface area contributed by atoms with E-state index in [-0.39, 0.29) is 6.04 Å². The highest BCUT2D eigenvalue weighted by Gasteiger charge is 2.50. The number of carbonyl (C=O) groups is 1. The van der Waals surface area contributed by atoms with Crippen molar-refractivity contribution >= 4 is 5.97 Å². The lowest BCUT2D eigenvalue weighted by Crippen LogP contribution is -2.53. The highest BCUT2D eigenvalue weighted by atomic mass is 16.4. The molecule has 3 heteroatoms. The van der Waals surface area contributed by atoms with Gasteiger partial charge in [0.05, 0.1) is 5.41 Å². The van der Waals surface area contributed by atoms with Crippen LogP contribution < -0.4 is 0 Å². The Bertz CT molecular complexity index is 197. The molecule has 0 heterocycles. The van der Waals surface area contributed by atoms with Gasteiger partial charge in [0.1, 0.15) is 0 Å². The fourth-order valence-electron chi connectivity index (χ4n) is 2.50. The maximum atomic E-state index is 11.2. The maximum absolute atomic E-state index is 11.2. The van der Waals surface area contributed by atoms with Gasteiger partial charge < -0.3 is 10.0 Å². The molecule has 0 aromatic carbocycles. The number of carboxylic acid groups (broad SMARTS) is 1. The van der Waals surface area contributed by atoms with Gasteiger partial charge in [-0.2, -0.15) is 0 Å². The highest BCUT2D eigenvalue weighted by Crippen LogP contribution is 2.46. The van der Waals surface area contributed by atoms with Crippen LogP contribution in [0.25, 0.3) is 0 Å². The Labute approximate surface area is 79.7 Å². The van der Waals surface area contributed by atoms with E-state index in [1.165, 1.54) is 0 Å². The minimum atomic E-state index is -0.612. The molecule has 0 amide bonds. The van der Waals surface area contributed by atoms with Crippen LogP contribution in [0.3, 0.4) is 0 Å². The lowest BCUT2D eigenvalue weighted by molar-refractivity contribution is -0.160. The zero-order valence-corrected chi connectivity index (χ0v) is 8.71. The standard InChI is InChI=1S/C10H19NO2/c1-4-8(11(2)3)10(9(12)13)6-5-7-10/h8H,4-7H2,1-3H3,(H,12,13). The molecule has 0 spiro atoms. The van der Waals surface area contributed by atoms with Gasteiger partial charge in [0, 0.05) is 6.04 Å². The van der Waals surface area contributed by atoms with Gasteiger partial charge in [-0.05, 0) is 33.4 Å². The minimum Gasteiger partial charge on any atom is -0.481 e. The second kappa shape index (κ2) is 3.66. The van der Waals surface area contributed by atoms with Gasteiger partial charge in [-0.1, -0.05) is 13.3 Å². The van der Waals surface area contributed by atoms with Crippen molar-refractivity contribution in [1.29, 1.82) is 0 Å². The van der Waals surface area contributed by atoms with Crippen LogP contribution in [-0.2, 0) is 4.79 Å². The van der Waals surface area contributed by atoms with Gasteiger partial charge in [-0.15, -0.1) is 0 Å². The lowest BCUT2D eigenvalue weighted by atomic mass is 9.63. The van der Waals surface area contributed by atoms with Gasteiger partial charge >= 0.3 is 5.97 Å². The predicted molar refractivity (Wildman–Crippen MR) is 51.7 cm³/mol. The molecule has 0 radical (unpaired) electrons. The lowest BCUT2D eigenvalue weighted by Gasteiger charge is -2.46. The van der Waals surface area contributed by atoms with Crippen molar-refractivity contribution in [2.24, 2.45) is 5.41 Å². The molecule has 1 fully saturated rings. The molecule has 0 bridgehead atoms. The summed E-state index contributed by atoms with van der Waals surface area (Å²) in [5, 5.41) is 9.21. The number of aliphatic carboxylic acids is 1. The number of hydrogen-bond acceptors (Lipinski definition) is 2. The zero-order chi connectivity index (χ0) is 10.1. The molecule has 13 heavy (non-hydrogen) atoms. The molecule has 1 unspecified atom stereocenters. The normalized spacial score (nSPS) is 22.5. The average Bonchev–Trinajstić information content (AvgIpc) is 1.94. The molecule has 0 aromatic heterocycles. The second-order valence-electron chi connectivity index (χ2n) is 4.20. The summed E-state index contributed by atoms with van der Waals surface area (Å²) >= 11 is 0. The Morgan fingerprint density at radius 3 is 2.15 bits per heavy atom. The fourth-order valence-corrected chi connectivity index (χ4v) is 2.50. The van der Waals surface area contributed by atoms with Crippen molar-refractivity contribution in [3.05, 3.63) is 0 Å². The molecule has 0 aliphatic heterocycles. The Kier molecular flexibility index (Phi) is 2.96. The molecule has 1 saturated carbocycles. The van der Waals surface area contributed by atoms with Crippen LogP contribution in [0.5, 0.6) is 0 Å². The van der Waals surface area contributed by atoms with E-state index in [4.69, 9.17) is 0 Å². The van der Waals surface area contributed by atoms with Crippen LogP contribution in [-0.4, -0.2) is 36.1 Å². The molecule has 1 rings (SSSR count). The molecule has 3 nitrogen and oxygen atoms in total. The van der Waals surface area contributed by atoms with Crippen LogP contribution in [0.1, 0.15) is 32.6 Å². The van der Waals surface area contributed by atoms with Crippen LogP contribution in [0.2, 0.25) is 0 Å². The van der Waals surface area contributed by atoms with Crippen LogP contribution in [0.15, 0.2) is 0 Å². The number of rotatable bonds is 4. The van der Waals surface area contributed by atoms with Crippen molar-refractivity contribution in [2.45, 2.75) is 38.6 Å². The Hall–Kier alpha value is -0.570. The summed E-state index contributed by atoms with van der Waals surface area (Å²) in [7, 11) is 3.94. The van der Waals surface area contributed by atoms with E-state index in [0.29, 0.717) is 0 Å². The summed E-state index contributed by atoms with van der Waals surface area (Å²) in [6, 6.07) is 0.193. The van der Waals surface area contributed by atoms with Crippen LogP contribution in [0, 0.1) is 5.41 Å². The van der Waals surface area contributed by atoms with Gasteiger partial charge in [-0.3, -0.25) is 4.79 Å². The van der Waals surface area contributed by atoms with E-state index in [0.717, 1.165) is 25.7 Å². The monoisotopic (exact) mass is 185 g/mol. The third-order valence-electron chi connectivity index (χ3n) is 3.32. The van der Waals surface area contributed by atoms with Gasteiger partial charge in [-0.25, -0.2) is 0 Å². The van der Waals surface area contributed by atoms with Gasteiger partial charge in [0.15, 0.2) is 0 Å². The SMILES string of the molecule is CCC(N(C)C)C1(C(=O)O)CCC1. The smallest absolute Gasteiger partial charge is 0.311 e. The summed E-state index contributed by atoms with van der Waals surface area (Å²) in [4.78, 5) is 13.2. The molecular weight excluding hydrogens is 166 g/mol. The number of carboxylic acids is 1. The first-order valence-corrected chi connectivity index (χ1v) is 4.94. The van der Waals surface area contributed by atoms with E-state index in [1.807, 2.05) is 19.0 Å².